The van der Waals surface area contributed by atoms with Crippen molar-refractivity contribution in [2.45, 2.75) is 53.1 Å². The first kappa shape index (κ1) is 11.7. The van der Waals surface area contributed by atoms with E-state index in [9.17, 15) is 0 Å². The van der Waals surface area contributed by atoms with Gasteiger partial charge in [-0.2, -0.15) is 0 Å². The van der Waals surface area contributed by atoms with Gasteiger partial charge < -0.3 is 5.11 Å². The largest absolute Gasteiger partial charge is 0.393 e. The zero-order chi connectivity index (χ0) is 9.56. The quantitative estimate of drug-likeness (QED) is 0.628. The first-order valence-corrected chi connectivity index (χ1v) is 4.83. The third-order valence-corrected chi connectivity index (χ3v) is 1.96. The zero-order valence-electron chi connectivity index (χ0n) is 8.80. The summed E-state index contributed by atoms with van der Waals surface area (Å²) in [5, 5.41) is 9.12. The monoisotopic (exact) mass is 170 g/mol. The summed E-state index contributed by atoms with van der Waals surface area (Å²) in [6.07, 6.45) is 5.38. The van der Waals surface area contributed by atoms with Gasteiger partial charge in [0.25, 0.3) is 0 Å². The van der Waals surface area contributed by atoms with E-state index >= 15 is 0 Å². The second kappa shape index (κ2) is 6.24. The highest BCUT2D eigenvalue weighted by Crippen LogP contribution is 2.13. The minimum absolute atomic E-state index is 0.147. The molecule has 0 aliphatic heterocycles. The van der Waals surface area contributed by atoms with Crippen LogP contribution in [0.25, 0.3) is 0 Å². The maximum absolute atomic E-state index is 9.12. The van der Waals surface area contributed by atoms with Crippen LogP contribution in [0, 0.1) is 5.92 Å². The fraction of sp³-hybridized carbons (Fsp3) is 0.818. The van der Waals surface area contributed by atoms with E-state index in [1.807, 2.05) is 6.92 Å². The normalized spacial score (nSPS) is 15.4. The molecule has 0 heterocycles. The predicted molar refractivity (Wildman–Crippen MR) is 54.1 cm³/mol. The fourth-order valence-electron chi connectivity index (χ4n) is 1.36. The molecular formula is C11H22O. The van der Waals surface area contributed by atoms with Gasteiger partial charge in [-0.1, -0.05) is 18.6 Å². The number of hydrogen-bond acceptors (Lipinski definition) is 1. The molecule has 2 atom stereocenters. The van der Waals surface area contributed by atoms with Crippen LogP contribution in [0.15, 0.2) is 11.6 Å². The Kier molecular flexibility index (Phi) is 6.09. The highest BCUT2D eigenvalue weighted by Gasteiger charge is 2.04. The molecule has 0 radical (unpaired) electrons. The van der Waals surface area contributed by atoms with Crippen molar-refractivity contribution in [2.24, 2.45) is 5.92 Å². The van der Waals surface area contributed by atoms with Crippen molar-refractivity contribution in [3.05, 3.63) is 11.6 Å². The average molecular weight is 170 g/mol. The van der Waals surface area contributed by atoms with Crippen LogP contribution < -0.4 is 0 Å². The molecule has 0 rings (SSSR count). The molecule has 0 aliphatic carbocycles. The Bertz CT molecular complexity index is 132. The summed E-state index contributed by atoms with van der Waals surface area (Å²) in [5.41, 5.74) is 1.39. The van der Waals surface area contributed by atoms with Crippen molar-refractivity contribution in [3.63, 3.8) is 0 Å². The summed E-state index contributed by atoms with van der Waals surface area (Å²) < 4.78 is 0. The van der Waals surface area contributed by atoms with Crippen molar-refractivity contribution in [1.82, 2.24) is 0 Å². The van der Waals surface area contributed by atoms with Crippen molar-refractivity contribution in [2.75, 3.05) is 0 Å². The number of allylic oxidation sites excluding steroid dienone is 2. The molecule has 0 fully saturated rings. The molecule has 0 bridgehead atoms. The van der Waals surface area contributed by atoms with Crippen LogP contribution in [0.1, 0.15) is 47.0 Å². The summed E-state index contributed by atoms with van der Waals surface area (Å²) in [6, 6.07) is 0. The maximum atomic E-state index is 9.12. The third kappa shape index (κ3) is 7.80. The number of rotatable bonds is 5. The van der Waals surface area contributed by atoms with Crippen LogP contribution in [-0.4, -0.2) is 11.2 Å². The van der Waals surface area contributed by atoms with Crippen molar-refractivity contribution in [1.29, 1.82) is 0 Å². The summed E-state index contributed by atoms with van der Waals surface area (Å²) >= 11 is 0. The van der Waals surface area contributed by atoms with Crippen molar-refractivity contribution >= 4 is 0 Å². The lowest BCUT2D eigenvalue weighted by Crippen LogP contribution is -2.06. The van der Waals surface area contributed by atoms with Gasteiger partial charge in [0.1, 0.15) is 0 Å². The Hall–Kier alpha value is -0.300. The van der Waals surface area contributed by atoms with Gasteiger partial charge in [0.2, 0.25) is 0 Å². The van der Waals surface area contributed by atoms with E-state index in [0.717, 1.165) is 12.8 Å². The Morgan fingerprint density at radius 3 is 2.33 bits per heavy atom. The van der Waals surface area contributed by atoms with Gasteiger partial charge in [-0.15, -0.1) is 0 Å². The van der Waals surface area contributed by atoms with Crippen LogP contribution in [0.3, 0.4) is 0 Å². The van der Waals surface area contributed by atoms with Gasteiger partial charge >= 0.3 is 0 Å². The van der Waals surface area contributed by atoms with Crippen molar-refractivity contribution in [3.8, 4) is 0 Å². The van der Waals surface area contributed by atoms with Crippen LogP contribution in [0.5, 0.6) is 0 Å². The van der Waals surface area contributed by atoms with Crippen LogP contribution in [0.2, 0.25) is 0 Å². The molecule has 0 aromatic heterocycles. The minimum Gasteiger partial charge on any atom is -0.393 e. The first-order valence-electron chi connectivity index (χ1n) is 4.83. The molecule has 1 heteroatoms. The van der Waals surface area contributed by atoms with Gasteiger partial charge in [-0.3, -0.25) is 0 Å². The number of aliphatic hydroxyl groups is 1. The highest BCUT2D eigenvalue weighted by molar-refractivity contribution is 4.92. The zero-order valence-corrected chi connectivity index (χ0v) is 8.80. The van der Waals surface area contributed by atoms with E-state index in [4.69, 9.17) is 5.11 Å². The Morgan fingerprint density at radius 1 is 1.33 bits per heavy atom. The van der Waals surface area contributed by atoms with E-state index in [1.165, 1.54) is 12.0 Å². The second-order valence-corrected chi connectivity index (χ2v) is 4.05. The summed E-state index contributed by atoms with van der Waals surface area (Å²) in [7, 11) is 0. The molecule has 0 saturated heterocycles. The molecule has 1 nitrogen and oxygen atoms in total. The summed E-state index contributed by atoms with van der Waals surface area (Å²) in [6.45, 7) is 8.31. The Balaban J connectivity index is 3.44. The smallest absolute Gasteiger partial charge is 0.0514 e. The minimum atomic E-state index is -0.147. The van der Waals surface area contributed by atoms with Gasteiger partial charge in [0, 0.05) is 0 Å². The van der Waals surface area contributed by atoms with Crippen molar-refractivity contribution < 1.29 is 5.11 Å². The standard InChI is InChI=1S/C11H22O/c1-9(2)6-5-7-10(3)8-11(4)12/h6,10-12H,5,7-8H2,1-4H3/t10-,11+/m0/s1. The molecule has 0 spiro atoms. The summed E-state index contributed by atoms with van der Waals surface area (Å²) in [4.78, 5) is 0. The Labute approximate surface area is 76.5 Å². The molecule has 0 saturated carbocycles. The molecule has 1 N–H and O–H groups in total. The number of aliphatic hydroxyl groups excluding tert-OH is 1. The molecule has 0 aromatic carbocycles. The van der Waals surface area contributed by atoms with E-state index in [1.54, 1.807) is 0 Å². The summed E-state index contributed by atoms with van der Waals surface area (Å²) in [5.74, 6) is 0.639. The van der Waals surface area contributed by atoms with E-state index in [2.05, 4.69) is 26.8 Å². The van der Waals surface area contributed by atoms with E-state index in [-0.39, 0.29) is 6.10 Å². The highest BCUT2D eigenvalue weighted by atomic mass is 16.3. The molecule has 12 heavy (non-hydrogen) atoms. The third-order valence-electron chi connectivity index (χ3n) is 1.96. The maximum Gasteiger partial charge on any atom is 0.0514 e. The Morgan fingerprint density at radius 2 is 1.92 bits per heavy atom. The number of hydrogen-bond donors (Lipinski definition) is 1. The fourth-order valence-corrected chi connectivity index (χ4v) is 1.36. The van der Waals surface area contributed by atoms with E-state index in [0.29, 0.717) is 5.92 Å². The van der Waals surface area contributed by atoms with Gasteiger partial charge in [0.05, 0.1) is 6.10 Å². The van der Waals surface area contributed by atoms with Gasteiger partial charge in [-0.25, -0.2) is 0 Å². The lowest BCUT2D eigenvalue weighted by molar-refractivity contribution is 0.162. The first-order chi connectivity index (χ1) is 5.52. The lowest BCUT2D eigenvalue weighted by atomic mass is 9.98. The van der Waals surface area contributed by atoms with E-state index < -0.39 is 0 Å². The van der Waals surface area contributed by atoms with Crippen LogP contribution >= 0.6 is 0 Å². The molecule has 0 aliphatic rings. The van der Waals surface area contributed by atoms with Crippen LogP contribution in [0.4, 0.5) is 0 Å². The van der Waals surface area contributed by atoms with Crippen LogP contribution in [-0.2, 0) is 0 Å². The topological polar surface area (TPSA) is 20.2 Å². The second-order valence-electron chi connectivity index (χ2n) is 4.05. The average Bonchev–Trinajstić information content (AvgIpc) is 1.84. The van der Waals surface area contributed by atoms with Gasteiger partial charge in [0.15, 0.2) is 0 Å². The molecule has 0 unspecified atom stereocenters. The predicted octanol–water partition coefficient (Wildman–Crippen LogP) is 3.14. The SMILES string of the molecule is CC(C)=CCC[C@H](C)C[C@@H](C)O. The lowest BCUT2D eigenvalue weighted by Gasteiger charge is -2.11. The van der Waals surface area contributed by atoms with Gasteiger partial charge in [-0.05, 0) is 46.0 Å². The molecule has 72 valence electrons. The molecule has 0 aromatic rings. The molecule has 0 amide bonds. The molecular weight excluding hydrogens is 148 g/mol.